The molecule has 0 spiro atoms. The molecule has 0 aliphatic carbocycles. The highest BCUT2D eigenvalue weighted by Crippen LogP contribution is 2.38. The SMILES string of the molecule is CC(C)C.CCC(C)C(CC)C(CC)C(C)C(C)C(C)C. The molecule has 0 radical (unpaired) electrons. The first-order valence-electron chi connectivity index (χ1n) is 9.63. The van der Waals surface area contributed by atoms with Gasteiger partial charge < -0.3 is 0 Å². The summed E-state index contributed by atoms with van der Waals surface area (Å²) < 4.78 is 0. The zero-order chi connectivity index (χ0) is 17.2. The number of hydrogen-bond acceptors (Lipinski definition) is 0. The van der Waals surface area contributed by atoms with Gasteiger partial charge in [0.15, 0.2) is 0 Å². The van der Waals surface area contributed by atoms with Gasteiger partial charge in [-0.15, -0.1) is 0 Å². The van der Waals surface area contributed by atoms with Crippen LogP contribution in [0.4, 0.5) is 0 Å². The second kappa shape index (κ2) is 12.5. The van der Waals surface area contributed by atoms with Crippen molar-refractivity contribution in [1.82, 2.24) is 0 Å². The molecular formula is C21H46. The summed E-state index contributed by atoms with van der Waals surface area (Å²) in [4.78, 5) is 0. The largest absolute Gasteiger partial charge is 0.0651 e. The predicted molar refractivity (Wildman–Crippen MR) is 101 cm³/mol. The Hall–Kier alpha value is 0. The van der Waals surface area contributed by atoms with Crippen LogP contribution in [0.2, 0.25) is 0 Å². The molecule has 0 amide bonds. The summed E-state index contributed by atoms with van der Waals surface area (Å²) in [6, 6.07) is 0. The highest BCUT2D eigenvalue weighted by Gasteiger charge is 2.31. The van der Waals surface area contributed by atoms with Crippen molar-refractivity contribution in [2.45, 2.75) is 95.4 Å². The standard InChI is InChI=1S/C17H36.C4H10/c1-9-13(6)16(10-2)17(11-3)15(8)14(7)12(4)5;1-4(2)3/h12-17H,9-11H2,1-8H3;4H,1-3H3. The van der Waals surface area contributed by atoms with Crippen LogP contribution in [-0.4, -0.2) is 0 Å². The first-order valence-corrected chi connectivity index (χ1v) is 9.63. The van der Waals surface area contributed by atoms with E-state index in [1.165, 1.54) is 19.3 Å². The Kier molecular flexibility index (Phi) is 13.9. The Bertz CT molecular complexity index is 213. The van der Waals surface area contributed by atoms with Crippen LogP contribution in [0.25, 0.3) is 0 Å². The summed E-state index contributed by atoms with van der Waals surface area (Å²) in [7, 11) is 0. The summed E-state index contributed by atoms with van der Waals surface area (Å²) in [6.45, 7) is 25.7. The van der Waals surface area contributed by atoms with E-state index in [0.29, 0.717) is 0 Å². The molecule has 0 aromatic rings. The summed E-state index contributed by atoms with van der Waals surface area (Å²) in [5, 5.41) is 0. The van der Waals surface area contributed by atoms with Crippen molar-refractivity contribution in [3.05, 3.63) is 0 Å². The third-order valence-electron chi connectivity index (χ3n) is 5.42. The first kappa shape index (κ1) is 23.3. The minimum absolute atomic E-state index is 0.813. The highest BCUT2D eigenvalue weighted by atomic mass is 14.4. The zero-order valence-corrected chi connectivity index (χ0v) is 17.2. The summed E-state index contributed by atoms with van der Waals surface area (Å²) in [5.41, 5.74) is 0. The Morgan fingerprint density at radius 2 is 0.905 bits per heavy atom. The normalized spacial score (nSPS) is 18.7. The fourth-order valence-corrected chi connectivity index (χ4v) is 3.49. The molecule has 5 unspecified atom stereocenters. The van der Waals surface area contributed by atoms with Gasteiger partial charge in [-0.1, -0.05) is 95.4 Å². The van der Waals surface area contributed by atoms with Crippen molar-refractivity contribution in [3.8, 4) is 0 Å². The van der Waals surface area contributed by atoms with E-state index in [0.717, 1.165) is 41.4 Å². The summed E-state index contributed by atoms with van der Waals surface area (Å²) in [6.07, 6.45) is 4.03. The van der Waals surface area contributed by atoms with Crippen LogP contribution in [0.15, 0.2) is 0 Å². The van der Waals surface area contributed by atoms with Crippen molar-refractivity contribution >= 4 is 0 Å². The molecule has 0 saturated carbocycles. The van der Waals surface area contributed by atoms with Crippen molar-refractivity contribution in [1.29, 1.82) is 0 Å². The van der Waals surface area contributed by atoms with Gasteiger partial charge >= 0.3 is 0 Å². The lowest BCUT2D eigenvalue weighted by Gasteiger charge is -2.38. The molecule has 0 aliphatic heterocycles. The number of hydrogen-bond donors (Lipinski definition) is 0. The molecule has 0 aromatic heterocycles. The molecule has 0 rings (SSSR count). The van der Waals surface area contributed by atoms with Gasteiger partial charge in [-0.3, -0.25) is 0 Å². The average molecular weight is 299 g/mol. The van der Waals surface area contributed by atoms with Gasteiger partial charge in [0.1, 0.15) is 0 Å². The van der Waals surface area contributed by atoms with Gasteiger partial charge in [0.2, 0.25) is 0 Å². The molecule has 0 nitrogen and oxygen atoms in total. The third kappa shape index (κ3) is 9.59. The van der Waals surface area contributed by atoms with Gasteiger partial charge in [0, 0.05) is 0 Å². The Balaban J connectivity index is 0. The van der Waals surface area contributed by atoms with E-state index in [1.807, 2.05) is 0 Å². The average Bonchev–Trinajstić information content (AvgIpc) is 2.41. The fourth-order valence-electron chi connectivity index (χ4n) is 3.49. The van der Waals surface area contributed by atoms with Gasteiger partial charge in [0.05, 0.1) is 0 Å². The topological polar surface area (TPSA) is 0 Å². The van der Waals surface area contributed by atoms with Gasteiger partial charge in [0.25, 0.3) is 0 Å². The van der Waals surface area contributed by atoms with Gasteiger partial charge in [-0.05, 0) is 41.4 Å². The van der Waals surface area contributed by atoms with Crippen molar-refractivity contribution in [3.63, 3.8) is 0 Å². The van der Waals surface area contributed by atoms with Gasteiger partial charge in [-0.2, -0.15) is 0 Å². The smallest absolute Gasteiger partial charge is 0.0358 e. The maximum Gasteiger partial charge on any atom is -0.0358 e. The van der Waals surface area contributed by atoms with Crippen molar-refractivity contribution < 1.29 is 0 Å². The quantitative estimate of drug-likeness (QED) is 0.431. The van der Waals surface area contributed by atoms with Crippen LogP contribution in [0.5, 0.6) is 0 Å². The molecular weight excluding hydrogens is 252 g/mol. The maximum absolute atomic E-state index is 2.49. The lowest BCUT2D eigenvalue weighted by molar-refractivity contribution is 0.110. The van der Waals surface area contributed by atoms with Crippen LogP contribution in [0, 0.1) is 41.4 Å². The molecule has 21 heavy (non-hydrogen) atoms. The predicted octanol–water partition coefficient (Wildman–Crippen LogP) is 7.68. The molecule has 130 valence electrons. The van der Waals surface area contributed by atoms with Crippen LogP contribution >= 0.6 is 0 Å². The van der Waals surface area contributed by atoms with Crippen LogP contribution in [-0.2, 0) is 0 Å². The van der Waals surface area contributed by atoms with E-state index in [1.54, 1.807) is 0 Å². The number of rotatable bonds is 8. The minimum Gasteiger partial charge on any atom is -0.0651 e. The second-order valence-electron chi connectivity index (χ2n) is 8.22. The molecule has 0 bridgehead atoms. The molecule has 5 atom stereocenters. The minimum atomic E-state index is 0.813. The van der Waals surface area contributed by atoms with E-state index < -0.39 is 0 Å². The van der Waals surface area contributed by atoms with E-state index >= 15 is 0 Å². The lowest BCUT2D eigenvalue weighted by atomic mass is 9.67. The van der Waals surface area contributed by atoms with Crippen LogP contribution in [0.1, 0.15) is 95.4 Å². The van der Waals surface area contributed by atoms with Crippen LogP contribution in [0.3, 0.4) is 0 Å². The highest BCUT2D eigenvalue weighted by molar-refractivity contribution is 4.80. The monoisotopic (exact) mass is 298 g/mol. The summed E-state index contributed by atoms with van der Waals surface area (Å²) in [5.74, 6) is 6.06. The Morgan fingerprint density at radius 1 is 0.524 bits per heavy atom. The molecule has 0 heterocycles. The fraction of sp³-hybridized carbons (Fsp3) is 1.00. The molecule has 0 aromatic carbocycles. The first-order chi connectivity index (χ1) is 9.63. The van der Waals surface area contributed by atoms with E-state index in [2.05, 4.69) is 76.2 Å². The molecule has 0 N–H and O–H groups in total. The van der Waals surface area contributed by atoms with E-state index in [-0.39, 0.29) is 0 Å². The Labute approximate surface area is 137 Å². The third-order valence-corrected chi connectivity index (χ3v) is 5.42. The van der Waals surface area contributed by atoms with Crippen LogP contribution < -0.4 is 0 Å². The van der Waals surface area contributed by atoms with Gasteiger partial charge in [-0.25, -0.2) is 0 Å². The molecule has 0 aliphatic rings. The summed E-state index contributed by atoms with van der Waals surface area (Å²) >= 11 is 0. The Morgan fingerprint density at radius 3 is 1.14 bits per heavy atom. The van der Waals surface area contributed by atoms with E-state index in [4.69, 9.17) is 0 Å². The van der Waals surface area contributed by atoms with E-state index in [9.17, 15) is 0 Å². The van der Waals surface area contributed by atoms with Crippen molar-refractivity contribution in [2.24, 2.45) is 41.4 Å². The zero-order valence-electron chi connectivity index (χ0n) is 17.2. The lowest BCUT2D eigenvalue weighted by Crippen LogP contribution is -2.31. The maximum atomic E-state index is 2.49. The molecule has 0 heteroatoms. The second-order valence-corrected chi connectivity index (χ2v) is 8.22. The van der Waals surface area contributed by atoms with Crippen molar-refractivity contribution in [2.75, 3.05) is 0 Å². The molecule has 0 fully saturated rings. The molecule has 0 saturated heterocycles.